The molecule has 0 aliphatic carbocycles. The number of pyridine rings is 1. The van der Waals surface area contributed by atoms with E-state index in [0.717, 1.165) is 15.7 Å². The van der Waals surface area contributed by atoms with Crippen LogP contribution in [-0.4, -0.2) is 4.98 Å². The van der Waals surface area contributed by atoms with E-state index >= 15 is 0 Å². The van der Waals surface area contributed by atoms with E-state index in [1.807, 2.05) is 13.1 Å². The van der Waals surface area contributed by atoms with Crippen LogP contribution in [0.3, 0.4) is 0 Å². The Morgan fingerprint density at radius 2 is 1.87 bits per heavy atom. The minimum absolute atomic E-state index is 1.00. The summed E-state index contributed by atoms with van der Waals surface area (Å²) in [6, 6.07) is 10.5. The fourth-order valence-electron chi connectivity index (χ4n) is 1.54. The van der Waals surface area contributed by atoms with E-state index in [1.165, 1.54) is 11.1 Å². The van der Waals surface area contributed by atoms with Crippen molar-refractivity contribution in [1.29, 1.82) is 0 Å². The first kappa shape index (κ1) is 10.4. The quantitative estimate of drug-likeness (QED) is 0.753. The molecule has 2 heteroatoms. The van der Waals surface area contributed by atoms with Gasteiger partial charge in [-0.25, -0.2) is 0 Å². The normalized spacial score (nSPS) is 10.3. The number of hydrogen-bond acceptors (Lipinski definition) is 1. The number of aryl methyl sites for hydroxylation is 2. The SMILES string of the molecule is Cc1cccc(-c2ncc(C)cc2Br)c1. The van der Waals surface area contributed by atoms with Crippen LogP contribution in [0.2, 0.25) is 0 Å². The minimum atomic E-state index is 1.00. The Balaban J connectivity index is 2.54. The molecule has 0 N–H and O–H groups in total. The third kappa shape index (κ3) is 2.26. The van der Waals surface area contributed by atoms with Crippen molar-refractivity contribution in [2.24, 2.45) is 0 Å². The molecule has 0 amide bonds. The highest BCUT2D eigenvalue weighted by molar-refractivity contribution is 9.10. The number of benzene rings is 1. The molecule has 76 valence electrons. The number of aromatic nitrogens is 1. The summed E-state index contributed by atoms with van der Waals surface area (Å²) < 4.78 is 1.05. The largest absolute Gasteiger partial charge is 0.255 e. The highest BCUT2D eigenvalue weighted by Gasteiger charge is 2.04. The first-order valence-electron chi connectivity index (χ1n) is 4.86. The zero-order valence-corrected chi connectivity index (χ0v) is 10.4. The Hall–Kier alpha value is -1.15. The predicted octanol–water partition coefficient (Wildman–Crippen LogP) is 4.13. The zero-order chi connectivity index (χ0) is 10.8. The third-order valence-corrected chi connectivity index (χ3v) is 2.87. The molecule has 0 radical (unpaired) electrons. The van der Waals surface area contributed by atoms with E-state index in [0.29, 0.717) is 0 Å². The van der Waals surface area contributed by atoms with E-state index < -0.39 is 0 Å². The highest BCUT2D eigenvalue weighted by atomic mass is 79.9. The van der Waals surface area contributed by atoms with Crippen molar-refractivity contribution in [1.82, 2.24) is 4.98 Å². The Morgan fingerprint density at radius 3 is 2.53 bits per heavy atom. The molecule has 0 fully saturated rings. The summed E-state index contributed by atoms with van der Waals surface area (Å²) in [5.41, 5.74) is 4.58. The molecule has 0 spiro atoms. The van der Waals surface area contributed by atoms with Gasteiger partial charge >= 0.3 is 0 Å². The first-order valence-corrected chi connectivity index (χ1v) is 5.65. The maximum absolute atomic E-state index is 4.44. The number of rotatable bonds is 1. The van der Waals surface area contributed by atoms with Crippen molar-refractivity contribution >= 4 is 15.9 Å². The van der Waals surface area contributed by atoms with Crippen LogP contribution >= 0.6 is 15.9 Å². The average Bonchev–Trinajstić information content (AvgIpc) is 2.17. The van der Waals surface area contributed by atoms with Crippen LogP contribution in [0.4, 0.5) is 0 Å². The molecule has 1 heterocycles. The van der Waals surface area contributed by atoms with Crippen molar-refractivity contribution in [2.45, 2.75) is 13.8 Å². The highest BCUT2D eigenvalue weighted by Crippen LogP contribution is 2.26. The summed E-state index contributed by atoms with van der Waals surface area (Å²) in [5.74, 6) is 0. The Kier molecular flexibility index (Phi) is 2.87. The van der Waals surface area contributed by atoms with Gasteiger partial charge in [-0.15, -0.1) is 0 Å². The number of nitrogens with zero attached hydrogens (tertiary/aromatic N) is 1. The van der Waals surface area contributed by atoms with Crippen LogP contribution in [0.5, 0.6) is 0 Å². The third-order valence-electron chi connectivity index (χ3n) is 2.27. The summed E-state index contributed by atoms with van der Waals surface area (Å²) in [5, 5.41) is 0. The lowest BCUT2D eigenvalue weighted by atomic mass is 10.1. The van der Waals surface area contributed by atoms with E-state index in [9.17, 15) is 0 Å². The van der Waals surface area contributed by atoms with Crippen LogP contribution in [0.25, 0.3) is 11.3 Å². The molecule has 2 aromatic rings. The van der Waals surface area contributed by atoms with Gasteiger partial charge in [-0.2, -0.15) is 0 Å². The van der Waals surface area contributed by atoms with Gasteiger partial charge in [-0.3, -0.25) is 4.98 Å². The molecular weight excluding hydrogens is 250 g/mol. The van der Waals surface area contributed by atoms with Crippen LogP contribution in [0.1, 0.15) is 11.1 Å². The van der Waals surface area contributed by atoms with Gasteiger partial charge in [0, 0.05) is 16.2 Å². The molecule has 1 aromatic carbocycles. The number of halogens is 1. The lowest BCUT2D eigenvalue weighted by Crippen LogP contribution is -1.87. The molecule has 15 heavy (non-hydrogen) atoms. The summed E-state index contributed by atoms with van der Waals surface area (Å²) in [6.07, 6.45) is 1.89. The lowest BCUT2D eigenvalue weighted by Gasteiger charge is -2.05. The lowest BCUT2D eigenvalue weighted by molar-refractivity contribution is 1.25. The summed E-state index contributed by atoms with van der Waals surface area (Å²) in [6.45, 7) is 4.13. The zero-order valence-electron chi connectivity index (χ0n) is 8.79. The van der Waals surface area contributed by atoms with Crippen LogP contribution in [0.15, 0.2) is 41.0 Å². The van der Waals surface area contributed by atoms with Crippen LogP contribution in [0, 0.1) is 13.8 Å². The molecule has 2 rings (SSSR count). The molecule has 0 atom stereocenters. The average molecular weight is 262 g/mol. The van der Waals surface area contributed by atoms with Crippen molar-refractivity contribution in [3.05, 3.63) is 52.1 Å². The standard InChI is InChI=1S/C13H12BrN/c1-9-4-3-5-11(6-9)13-12(14)7-10(2)8-15-13/h3-8H,1-2H3. The molecule has 0 saturated heterocycles. The van der Waals surface area contributed by atoms with Crippen molar-refractivity contribution < 1.29 is 0 Å². The van der Waals surface area contributed by atoms with Gasteiger partial charge in [0.1, 0.15) is 0 Å². The smallest absolute Gasteiger partial charge is 0.0844 e. The molecule has 0 aliphatic heterocycles. The second kappa shape index (κ2) is 4.15. The molecule has 0 aliphatic rings. The molecule has 0 unspecified atom stereocenters. The maximum atomic E-state index is 4.44. The Bertz CT molecular complexity index is 492. The fraction of sp³-hybridized carbons (Fsp3) is 0.154. The molecule has 0 bridgehead atoms. The van der Waals surface area contributed by atoms with E-state index in [-0.39, 0.29) is 0 Å². The fourth-order valence-corrected chi connectivity index (χ4v) is 2.23. The summed E-state index contributed by atoms with van der Waals surface area (Å²) in [7, 11) is 0. The van der Waals surface area contributed by atoms with E-state index in [1.54, 1.807) is 0 Å². The van der Waals surface area contributed by atoms with Gasteiger partial charge in [0.05, 0.1) is 5.69 Å². The summed E-state index contributed by atoms with van der Waals surface area (Å²) >= 11 is 3.55. The van der Waals surface area contributed by atoms with Gasteiger partial charge < -0.3 is 0 Å². The number of hydrogen-bond donors (Lipinski definition) is 0. The van der Waals surface area contributed by atoms with Gasteiger partial charge in [-0.1, -0.05) is 23.8 Å². The van der Waals surface area contributed by atoms with E-state index in [4.69, 9.17) is 0 Å². The predicted molar refractivity (Wildman–Crippen MR) is 66.8 cm³/mol. The monoisotopic (exact) mass is 261 g/mol. The second-order valence-corrected chi connectivity index (χ2v) is 4.57. The van der Waals surface area contributed by atoms with Crippen molar-refractivity contribution in [2.75, 3.05) is 0 Å². The molecular formula is C13H12BrN. The van der Waals surface area contributed by atoms with Gasteiger partial charge in [0.15, 0.2) is 0 Å². The second-order valence-electron chi connectivity index (χ2n) is 3.71. The van der Waals surface area contributed by atoms with Crippen molar-refractivity contribution in [3.8, 4) is 11.3 Å². The minimum Gasteiger partial charge on any atom is -0.255 e. The van der Waals surface area contributed by atoms with Crippen LogP contribution < -0.4 is 0 Å². The van der Waals surface area contributed by atoms with Gasteiger partial charge in [-0.05, 0) is 47.5 Å². The molecule has 1 aromatic heterocycles. The maximum Gasteiger partial charge on any atom is 0.0844 e. The first-order chi connectivity index (χ1) is 7.16. The molecule has 0 saturated carbocycles. The topological polar surface area (TPSA) is 12.9 Å². The van der Waals surface area contributed by atoms with Crippen molar-refractivity contribution in [3.63, 3.8) is 0 Å². The molecule has 1 nitrogen and oxygen atoms in total. The Morgan fingerprint density at radius 1 is 1.07 bits per heavy atom. The Labute approximate surface area is 98.3 Å². The summed E-state index contributed by atoms with van der Waals surface area (Å²) in [4.78, 5) is 4.44. The van der Waals surface area contributed by atoms with Gasteiger partial charge in [0.25, 0.3) is 0 Å². The van der Waals surface area contributed by atoms with Gasteiger partial charge in [0.2, 0.25) is 0 Å². The van der Waals surface area contributed by atoms with E-state index in [2.05, 4.69) is 58.2 Å². The van der Waals surface area contributed by atoms with Crippen LogP contribution in [-0.2, 0) is 0 Å².